The average molecular weight is 514 g/mol. The van der Waals surface area contributed by atoms with Crippen LogP contribution in [0.3, 0.4) is 0 Å². The fourth-order valence-electron chi connectivity index (χ4n) is 5.61. The SMILES string of the molecule is COc1cc(O)c(C2C3=CCC4C(=O)NC(=O)C4C3CC3=C2C(=O)C=C(Br)C3=O)c(OC)c1. The molecule has 1 fully saturated rings. The van der Waals surface area contributed by atoms with Crippen molar-refractivity contribution < 1.29 is 33.8 Å². The summed E-state index contributed by atoms with van der Waals surface area (Å²) in [5.74, 6) is -3.35. The van der Waals surface area contributed by atoms with E-state index in [0.717, 1.165) is 5.57 Å². The van der Waals surface area contributed by atoms with E-state index in [0.29, 0.717) is 17.7 Å². The van der Waals surface area contributed by atoms with Gasteiger partial charge >= 0.3 is 0 Å². The quantitative estimate of drug-likeness (QED) is 0.362. The highest BCUT2D eigenvalue weighted by atomic mass is 79.9. The van der Waals surface area contributed by atoms with Crippen LogP contribution >= 0.6 is 15.9 Å². The molecule has 8 nitrogen and oxygen atoms in total. The molecule has 1 aromatic rings. The zero-order valence-electron chi connectivity index (χ0n) is 17.8. The van der Waals surface area contributed by atoms with Crippen LogP contribution in [0.25, 0.3) is 0 Å². The number of hydrogen-bond donors (Lipinski definition) is 2. The van der Waals surface area contributed by atoms with Crippen LogP contribution in [0.4, 0.5) is 0 Å². The molecule has 2 amide bonds. The third-order valence-electron chi connectivity index (χ3n) is 7.01. The molecule has 0 bridgehead atoms. The van der Waals surface area contributed by atoms with Crippen molar-refractivity contribution in [3.8, 4) is 17.2 Å². The first kappa shape index (κ1) is 21.6. The zero-order chi connectivity index (χ0) is 23.6. The van der Waals surface area contributed by atoms with Crippen LogP contribution in [0.2, 0.25) is 0 Å². The molecule has 170 valence electrons. The molecule has 9 heteroatoms. The molecule has 1 heterocycles. The van der Waals surface area contributed by atoms with Crippen molar-refractivity contribution in [2.24, 2.45) is 17.8 Å². The van der Waals surface area contributed by atoms with Gasteiger partial charge in [-0.25, -0.2) is 0 Å². The molecule has 1 saturated heterocycles. The Bertz CT molecular complexity index is 1240. The highest BCUT2D eigenvalue weighted by Gasteiger charge is 2.54. The number of imide groups is 1. The first-order valence-electron chi connectivity index (χ1n) is 10.5. The Morgan fingerprint density at radius 2 is 1.82 bits per heavy atom. The summed E-state index contributed by atoms with van der Waals surface area (Å²) >= 11 is 3.18. The number of amides is 2. The predicted octanol–water partition coefficient (Wildman–Crippen LogP) is 2.46. The van der Waals surface area contributed by atoms with Gasteiger partial charge in [0, 0.05) is 40.8 Å². The number of ketones is 2. The molecular formula is C24H20BrNO7. The lowest BCUT2D eigenvalue weighted by Crippen LogP contribution is -2.39. The van der Waals surface area contributed by atoms with Crippen LogP contribution in [0, 0.1) is 17.8 Å². The van der Waals surface area contributed by atoms with Gasteiger partial charge in [0.25, 0.3) is 0 Å². The van der Waals surface area contributed by atoms with E-state index >= 15 is 0 Å². The highest BCUT2D eigenvalue weighted by Crippen LogP contribution is 2.57. The fourth-order valence-corrected chi connectivity index (χ4v) is 6.06. The number of methoxy groups -OCH3 is 2. The number of nitrogens with one attached hydrogen (secondary N) is 1. The van der Waals surface area contributed by atoms with E-state index in [1.807, 2.05) is 6.08 Å². The van der Waals surface area contributed by atoms with Gasteiger partial charge in [0.2, 0.25) is 11.8 Å². The second-order valence-electron chi connectivity index (χ2n) is 8.51. The summed E-state index contributed by atoms with van der Waals surface area (Å²) in [6.45, 7) is 0. The standard InChI is InChI=1S/C24H20BrNO7/c1-32-9-5-15(27)21(17(6-9)33-2)20-10-3-4-11-18(24(31)26-23(11)30)12(10)7-13-19(20)16(28)8-14(25)22(13)29/h3,5-6,8,11-12,18,20,27H,4,7H2,1-2H3,(H,26,30,31). The third kappa shape index (κ3) is 3.09. The number of allylic oxidation sites excluding steroid dienone is 6. The van der Waals surface area contributed by atoms with Gasteiger partial charge in [0.05, 0.1) is 30.5 Å². The van der Waals surface area contributed by atoms with Crippen LogP contribution in [0.1, 0.15) is 24.3 Å². The van der Waals surface area contributed by atoms with Crippen molar-refractivity contribution in [3.05, 3.63) is 51.0 Å². The summed E-state index contributed by atoms with van der Waals surface area (Å²) in [6.07, 6.45) is 3.59. The van der Waals surface area contributed by atoms with Crippen molar-refractivity contribution in [1.29, 1.82) is 0 Å². The van der Waals surface area contributed by atoms with Gasteiger partial charge in [-0.2, -0.15) is 0 Å². The van der Waals surface area contributed by atoms with E-state index in [4.69, 9.17) is 9.47 Å². The molecule has 0 saturated carbocycles. The summed E-state index contributed by atoms with van der Waals surface area (Å²) < 4.78 is 10.9. The number of ether oxygens (including phenoxy) is 2. The van der Waals surface area contributed by atoms with Crippen LogP contribution in [-0.4, -0.2) is 42.7 Å². The molecule has 0 aromatic heterocycles. The number of fused-ring (bicyclic) bond motifs is 3. The maximum absolute atomic E-state index is 13.2. The number of phenols is 1. The third-order valence-corrected chi connectivity index (χ3v) is 7.60. The van der Waals surface area contributed by atoms with Gasteiger partial charge in [-0.3, -0.25) is 24.5 Å². The molecule has 0 radical (unpaired) electrons. The number of hydrogen-bond acceptors (Lipinski definition) is 7. The maximum Gasteiger partial charge on any atom is 0.231 e. The van der Waals surface area contributed by atoms with E-state index in [1.165, 1.54) is 26.4 Å². The number of rotatable bonds is 3. The molecule has 1 aromatic carbocycles. The van der Waals surface area contributed by atoms with Gasteiger partial charge in [0.15, 0.2) is 11.6 Å². The molecule has 4 unspecified atom stereocenters. The molecule has 4 atom stereocenters. The Hall–Kier alpha value is -3.20. The Kier molecular flexibility index (Phi) is 5.04. The maximum atomic E-state index is 13.2. The number of carbonyl (C=O) groups excluding carboxylic acids is 4. The van der Waals surface area contributed by atoms with Crippen molar-refractivity contribution in [2.45, 2.75) is 18.8 Å². The van der Waals surface area contributed by atoms with Gasteiger partial charge in [-0.1, -0.05) is 11.6 Å². The summed E-state index contributed by atoms with van der Waals surface area (Å²) in [7, 11) is 2.89. The minimum atomic E-state index is -0.808. The lowest BCUT2D eigenvalue weighted by Gasteiger charge is -2.42. The molecule has 1 aliphatic heterocycles. The van der Waals surface area contributed by atoms with Gasteiger partial charge in [0.1, 0.15) is 17.2 Å². The minimum absolute atomic E-state index is 0.141. The summed E-state index contributed by atoms with van der Waals surface area (Å²) in [6, 6.07) is 3.01. The summed E-state index contributed by atoms with van der Waals surface area (Å²) in [4.78, 5) is 51.4. The average Bonchev–Trinajstić information content (AvgIpc) is 3.09. The van der Waals surface area contributed by atoms with Crippen molar-refractivity contribution in [3.63, 3.8) is 0 Å². The molecule has 2 N–H and O–H groups in total. The highest BCUT2D eigenvalue weighted by molar-refractivity contribution is 9.12. The second kappa shape index (κ2) is 7.69. The van der Waals surface area contributed by atoms with Gasteiger partial charge in [-0.05, 0) is 34.7 Å². The Labute approximate surface area is 197 Å². The van der Waals surface area contributed by atoms with Crippen molar-refractivity contribution >= 4 is 39.3 Å². The lowest BCUT2D eigenvalue weighted by molar-refractivity contribution is -0.126. The van der Waals surface area contributed by atoms with E-state index in [2.05, 4.69) is 21.2 Å². The topological polar surface area (TPSA) is 119 Å². The first-order chi connectivity index (χ1) is 15.8. The Morgan fingerprint density at radius 1 is 1.06 bits per heavy atom. The van der Waals surface area contributed by atoms with Crippen LogP contribution in [-0.2, 0) is 19.2 Å². The number of phenolic OH excluding ortho intramolecular Hbond substituents is 1. The largest absolute Gasteiger partial charge is 0.507 e. The van der Waals surface area contributed by atoms with Gasteiger partial charge in [-0.15, -0.1) is 0 Å². The van der Waals surface area contributed by atoms with Gasteiger partial charge < -0.3 is 14.6 Å². The van der Waals surface area contributed by atoms with E-state index in [-0.39, 0.29) is 56.9 Å². The number of Topliss-reactive ketones (excluding diaryl/α,β-unsaturated/α-hetero) is 1. The molecule has 33 heavy (non-hydrogen) atoms. The van der Waals surface area contributed by atoms with Crippen LogP contribution in [0.5, 0.6) is 17.2 Å². The van der Waals surface area contributed by atoms with Crippen molar-refractivity contribution in [2.75, 3.05) is 14.2 Å². The summed E-state index contributed by atoms with van der Waals surface area (Å²) in [5.41, 5.74) is 1.59. The minimum Gasteiger partial charge on any atom is -0.507 e. The normalized spacial score (nSPS) is 28.5. The van der Waals surface area contributed by atoms with E-state index in [1.54, 1.807) is 6.07 Å². The molecule has 3 aliphatic carbocycles. The number of aromatic hydroxyl groups is 1. The fraction of sp³-hybridized carbons (Fsp3) is 0.333. The predicted molar refractivity (Wildman–Crippen MR) is 119 cm³/mol. The zero-order valence-corrected chi connectivity index (χ0v) is 19.4. The molecular weight excluding hydrogens is 494 g/mol. The Morgan fingerprint density at radius 3 is 2.52 bits per heavy atom. The number of halogens is 1. The monoisotopic (exact) mass is 513 g/mol. The van der Waals surface area contributed by atoms with Crippen LogP contribution in [0.15, 0.2) is 45.5 Å². The Balaban J connectivity index is 1.77. The number of carbonyl (C=O) groups is 4. The van der Waals surface area contributed by atoms with Crippen molar-refractivity contribution in [1.82, 2.24) is 5.32 Å². The van der Waals surface area contributed by atoms with Crippen LogP contribution < -0.4 is 14.8 Å². The van der Waals surface area contributed by atoms with E-state index < -0.39 is 23.7 Å². The smallest absolute Gasteiger partial charge is 0.231 e. The van der Waals surface area contributed by atoms with E-state index in [9.17, 15) is 24.3 Å². The number of benzene rings is 1. The second-order valence-corrected chi connectivity index (χ2v) is 9.36. The molecule has 5 rings (SSSR count). The lowest BCUT2D eigenvalue weighted by atomic mass is 9.59. The summed E-state index contributed by atoms with van der Waals surface area (Å²) in [5, 5.41) is 13.4. The molecule has 4 aliphatic rings. The molecule has 0 spiro atoms. The first-order valence-corrected chi connectivity index (χ1v) is 11.2.